The van der Waals surface area contributed by atoms with Gasteiger partial charge < -0.3 is 9.47 Å². The summed E-state index contributed by atoms with van der Waals surface area (Å²) in [4.78, 5) is 0. The third-order valence-corrected chi connectivity index (χ3v) is 5.21. The number of allylic oxidation sites excluding steroid dienone is 2. The van der Waals surface area contributed by atoms with Crippen LogP contribution in [0.5, 0.6) is 5.75 Å². The van der Waals surface area contributed by atoms with E-state index < -0.39 is 69.1 Å². The standard InChI is InChI=1S/C25H19F7O2/c1-5-6-13-7-8-15(19(28)18(13)27)20(29)21(30)16-10-14-9-11(2)24(17(26)12(3)33-4)34-25(14)23(32)22(16)31/h7-8,10H,2-3,5-6,9H2,1,4H3/b21-20+,24-17-. The fourth-order valence-electron chi connectivity index (χ4n) is 3.42. The molecule has 0 saturated carbocycles. The molecule has 0 aliphatic carbocycles. The highest BCUT2D eigenvalue weighted by atomic mass is 19.2. The molecule has 0 radical (unpaired) electrons. The van der Waals surface area contributed by atoms with Gasteiger partial charge in [0.1, 0.15) is 0 Å². The number of fused-ring (bicyclic) bond motifs is 1. The summed E-state index contributed by atoms with van der Waals surface area (Å²) in [6.45, 7) is 8.59. The van der Waals surface area contributed by atoms with E-state index in [9.17, 15) is 30.7 Å². The van der Waals surface area contributed by atoms with Gasteiger partial charge in [0.15, 0.2) is 46.4 Å². The third kappa shape index (κ3) is 4.34. The molecule has 1 aliphatic rings. The fourth-order valence-corrected chi connectivity index (χ4v) is 3.42. The Kier molecular flexibility index (Phi) is 7.24. The Balaban J connectivity index is 2.12. The number of rotatable bonds is 6. The Hall–Kier alpha value is -3.49. The number of hydrogen-bond donors (Lipinski definition) is 0. The summed E-state index contributed by atoms with van der Waals surface area (Å²) in [7, 11) is 1.13. The summed E-state index contributed by atoms with van der Waals surface area (Å²) in [5, 5.41) is 0. The van der Waals surface area contributed by atoms with Crippen LogP contribution in [-0.2, 0) is 17.6 Å². The number of methoxy groups -OCH3 is 1. The highest BCUT2D eigenvalue weighted by Gasteiger charge is 2.31. The molecule has 3 rings (SSSR count). The van der Waals surface area contributed by atoms with Crippen molar-refractivity contribution in [3.05, 3.63) is 99.8 Å². The van der Waals surface area contributed by atoms with Crippen molar-refractivity contribution >= 4 is 11.7 Å². The number of ether oxygens (including phenoxy) is 2. The van der Waals surface area contributed by atoms with Crippen molar-refractivity contribution in [1.82, 2.24) is 0 Å². The second-order valence-corrected chi connectivity index (χ2v) is 7.47. The zero-order chi connectivity index (χ0) is 25.3. The molecule has 0 amide bonds. The second-order valence-electron chi connectivity index (χ2n) is 7.47. The van der Waals surface area contributed by atoms with E-state index in [2.05, 4.69) is 17.9 Å². The highest BCUT2D eigenvalue weighted by Crippen LogP contribution is 2.42. The van der Waals surface area contributed by atoms with Crippen molar-refractivity contribution < 1.29 is 40.2 Å². The maximum atomic E-state index is 14.9. The van der Waals surface area contributed by atoms with E-state index in [1.165, 1.54) is 0 Å². The summed E-state index contributed by atoms with van der Waals surface area (Å²) in [5.41, 5.74) is -2.52. The maximum absolute atomic E-state index is 14.9. The predicted molar refractivity (Wildman–Crippen MR) is 113 cm³/mol. The lowest BCUT2D eigenvalue weighted by molar-refractivity contribution is 0.272. The van der Waals surface area contributed by atoms with Crippen molar-refractivity contribution in [2.45, 2.75) is 26.2 Å². The van der Waals surface area contributed by atoms with Crippen LogP contribution in [0.4, 0.5) is 30.7 Å². The average molecular weight is 484 g/mol. The predicted octanol–water partition coefficient (Wildman–Crippen LogP) is 7.79. The summed E-state index contributed by atoms with van der Waals surface area (Å²) < 4.78 is 112. The molecule has 2 aromatic carbocycles. The topological polar surface area (TPSA) is 18.5 Å². The first-order valence-corrected chi connectivity index (χ1v) is 10.1. The highest BCUT2D eigenvalue weighted by molar-refractivity contribution is 5.84. The van der Waals surface area contributed by atoms with Crippen molar-refractivity contribution in [1.29, 1.82) is 0 Å². The molecule has 0 bridgehead atoms. The molecule has 2 nitrogen and oxygen atoms in total. The van der Waals surface area contributed by atoms with Crippen LogP contribution in [0.2, 0.25) is 0 Å². The van der Waals surface area contributed by atoms with Gasteiger partial charge in [-0.1, -0.05) is 32.6 Å². The van der Waals surface area contributed by atoms with Gasteiger partial charge in [0, 0.05) is 12.0 Å². The van der Waals surface area contributed by atoms with Gasteiger partial charge in [-0.3, -0.25) is 0 Å². The Labute approximate surface area is 191 Å². The molecule has 0 saturated heterocycles. The lowest BCUT2D eigenvalue weighted by atomic mass is 9.96. The molecule has 2 aromatic rings. The van der Waals surface area contributed by atoms with Crippen LogP contribution in [0.15, 0.2) is 54.3 Å². The summed E-state index contributed by atoms with van der Waals surface area (Å²) in [6, 6.07) is 2.63. The van der Waals surface area contributed by atoms with E-state index in [0.29, 0.717) is 6.42 Å². The van der Waals surface area contributed by atoms with Crippen molar-refractivity contribution in [2.24, 2.45) is 0 Å². The van der Waals surface area contributed by atoms with Gasteiger partial charge >= 0.3 is 0 Å². The number of hydrogen-bond acceptors (Lipinski definition) is 2. The van der Waals surface area contributed by atoms with Crippen LogP contribution >= 0.6 is 0 Å². The van der Waals surface area contributed by atoms with Gasteiger partial charge in [0.2, 0.25) is 11.6 Å². The summed E-state index contributed by atoms with van der Waals surface area (Å²) in [6.07, 6.45) is 0.332. The lowest BCUT2D eigenvalue weighted by Crippen LogP contribution is -2.15. The van der Waals surface area contributed by atoms with Gasteiger partial charge in [0.25, 0.3) is 0 Å². The van der Waals surface area contributed by atoms with Gasteiger partial charge in [0.05, 0.1) is 18.2 Å². The monoisotopic (exact) mass is 484 g/mol. The van der Waals surface area contributed by atoms with Crippen LogP contribution in [0.3, 0.4) is 0 Å². The van der Waals surface area contributed by atoms with Crippen molar-refractivity contribution in [3.63, 3.8) is 0 Å². The third-order valence-electron chi connectivity index (χ3n) is 5.21. The molecule has 1 aliphatic heterocycles. The van der Waals surface area contributed by atoms with E-state index in [1.54, 1.807) is 6.92 Å². The molecule has 180 valence electrons. The number of aryl methyl sites for hydroxylation is 1. The number of halogens is 7. The summed E-state index contributed by atoms with van der Waals surface area (Å²) >= 11 is 0. The minimum absolute atomic E-state index is 0.0362. The molecule has 34 heavy (non-hydrogen) atoms. The average Bonchev–Trinajstić information content (AvgIpc) is 2.82. The molecule has 9 heteroatoms. The van der Waals surface area contributed by atoms with Crippen LogP contribution in [0.25, 0.3) is 11.7 Å². The van der Waals surface area contributed by atoms with Gasteiger partial charge in [-0.25, -0.2) is 22.0 Å². The van der Waals surface area contributed by atoms with E-state index >= 15 is 0 Å². The first-order valence-electron chi connectivity index (χ1n) is 10.1. The normalized spacial score (nSPS) is 15.4. The van der Waals surface area contributed by atoms with Gasteiger partial charge in [-0.15, -0.1) is 0 Å². The molecular formula is C25H19F7O2. The molecule has 0 N–H and O–H groups in total. The smallest absolute Gasteiger partial charge is 0.207 e. The largest absolute Gasteiger partial charge is 0.494 e. The Morgan fingerprint density at radius 3 is 2.21 bits per heavy atom. The summed E-state index contributed by atoms with van der Waals surface area (Å²) in [5.74, 6) is -13.4. The molecule has 0 unspecified atom stereocenters. The van der Waals surface area contributed by atoms with E-state index in [-0.39, 0.29) is 29.5 Å². The quantitative estimate of drug-likeness (QED) is 0.237. The minimum atomic E-state index is -1.95. The Bertz CT molecular complexity index is 1260. The molecule has 1 heterocycles. The van der Waals surface area contributed by atoms with Crippen molar-refractivity contribution in [2.75, 3.05) is 7.11 Å². The molecule has 0 fully saturated rings. The molecule has 0 spiro atoms. The Morgan fingerprint density at radius 2 is 1.59 bits per heavy atom. The first-order chi connectivity index (χ1) is 16.0. The van der Waals surface area contributed by atoms with Crippen molar-refractivity contribution in [3.8, 4) is 5.75 Å². The van der Waals surface area contributed by atoms with Crippen LogP contribution < -0.4 is 4.74 Å². The SMILES string of the molecule is C=C(OC)/C(F)=C1/Oc2c(cc(/C(F)=C(\F)c3ccc(CCC)c(F)c3F)c(F)c2F)CC1=C. The van der Waals surface area contributed by atoms with Gasteiger partial charge in [-0.2, -0.15) is 8.78 Å². The second kappa shape index (κ2) is 9.79. The molecular weight excluding hydrogens is 465 g/mol. The number of benzene rings is 2. The van der Waals surface area contributed by atoms with Gasteiger partial charge in [-0.05, 0) is 29.7 Å². The van der Waals surface area contributed by atoms with Crippen LogP contribution in [0, 0.1) is 23.3 Å². The van der Waals surface area contributed by atoms with E-state index in [4.69, 9.17) is 4.74 Å². The Morgan fingerprint density at radius 1 is 0.971 bits per heavy atom. The van der Waals surface area contributed by atoms with Crippen LogP contribution in [-0.4, -0.2) is 7.11 Å². The van der Waals surface area contributed by atoms with E-state index in [0.717, 1.165) is 25.3 Å². The molecule has 0 aromatic heterocycles. The van der Waals surface area contributed by atoms with E-state index in [1.807, 2.05) is 0 Å². The zero-order valence-electron chi connectivity index (χ0n) is 18.2. The van der Waals surface area contributed by atoms with Crippen LogP contribution in [0.1, 0.15) is 35.6 Å². The lowest BCUT2D eigenvalue weighted by Gasteiger charge is -2.24. The fraction of sp³-hybridized carbons (Fsp3) is 0.200. The maximum Gasteiger partial charge on any atom is 0.207 e. The first kappa shape index (κ1) is 25.1. The molecule has 0 atom stereocenters. The minimum Gasteiger partial charge on any atom is -0.494 e. The zero-order valence-corrected chi connectivity index (χ0v) is 18.2.